The first-order valence-electron chi connectivity index (χ1n) is 9.42. The fourth-order valence-electron chi connectivity index (χ4n) is 3.14. The van der Waals surface area contributed by atoms with E-state index in [2.05, 4.69) is 33.1 Å². The SMILES string of the molecule is CC.Cn1c(-c2ccc(NC(=O)c3ccccc3Cl)nc2N)cc2ccccc21. The van der Waals surface area contributed by atoms with Crippen molar-refractivity contribution in [1.82, 2.24) is 9.55 Å². The number of carbonyl (C=O) groups is 1. The topological polar surface area (TPSA) is 72.9 Å². The second-order valence-corrected chi connectivity index (χ2v) is 6.62. The van der Waals surface area contributed by atoms with Gasteiger partial charge in [0.25, 0.3) is 5.91 Å². The number of nitrogen functional groups attached to an aromatic ring is 1. The first-order valence-corrected chi connectivity index (χ1v) is 9.79. The molecule has 0 aliphatic heterocycles. The summed E-state index contributed by atoms with van der Waals surface area (Å²) in [7, 11) is 1.99. The van der Waals surface area contributed by atoms with E-state index in [1.165, 1.54) is 0 Å². The summed E-state index contributed by atoms with van der Waals surface area (Å²) in [5.74, 6) is 0.391. The number of hydrogen-bond donors (Lipinski definition) is 2. The van der Waals surface area contributed by atoms with E-state index >= 15 is 0 Å². The van der Waals surface area contributed by atoms with Gasteiger partial charge in [-0.05, 0) is 36.4 Å². The molecule has 2 heterocycles. The molecule has 2 aromatic carbocycles. The van der Waals surface area contributed by atoms with Crippen LogP contribution in [0.15, 0.2) is 66.7 Å². The lowest BCUT2D eigenvalue weighted by atomic mass is 10.1. The number of nitrogens with zero attached hydrogens (tertiary/aromatic N) is 2. The molecule has 6 heteroatoms. The summed E-state index contributed by atoms with van der Waals surface area (Å²) < 4.78 is 2.07. The molecule has 4 rings (SSSR count). The molecule has 3 N–H and O–H groups in total. The molecule has 29 heavy (non-hydrogen) atoms. The summed E-state index contributed by atoms with van der Waals surface area (Å²) in [6, 6.07) is 20.6. The van der Waals surface area contributed by atoms with Crippen molar-refractivity contribution >= 4 is 40.0 Å². The largest absolute Gasteiger partial charge is 0.383 e. The van der Waals surface area contributed by atoms with E-state index in [1.54, 1.807) is 30.3 Å². The monoisotopic (exact) mass is 406 g/mol. The Morgan fingerprint density at radius 2 is 1.72 bits per heavy atom. The highest BCUT2D eigenvalue weighted by molar-refractivity contribution is 6.34. The van der Waals surface area contributed by atoms with Crippen molar-refractivity contribution in [2.24, 2.45) is 7.05 Å². The average Bonchev–Trinajstić information content (AvgIpc) is 3.06. The Bertz CT molecular complexity index is 1170. The maximum absolute atomic E-state index is 12.4. The van der Waals surface area contributed by atoms with E-state index in [4.69, 9.17) is 17.3 Å². The van der Waals surface area contributed by atoms with Gasteiger partial charge in [-0.3, -0.25) is 4.79 Å². The lowest BCUT2D eigenvalue weighted by Crippen LogP contribution is -2.14. The number of aromatic nitrogens is 2. The van der Waals surface area contributed by atoms with Crippen LogP contribution in [0.5, 0.6) is 0 Å². The molecular weight excluding hydrogens is 384 g/mol. The Labute approximate surface area is 175 Å². The highest BCUT2D eigenvalue weighted by Crippen LogP contribution is 2.31. The number of rotatable bonds is 3. The van der Waals surface area contributed by atoms with Gasteiger partial charge in [0.2, 0.25) is 0 Å². The predicted octanol–water partition coefficient (Wildman–Crippen LogP) is 5.75. The van der Waals surface area contributed by atoms with Gasteiger partial charge in [-0.15, -0.1) is 0 Å². The summed E-state index contributed by atoms with van der Waals surface area (Å²) in [6.45, 7) is 4.00. The molecule has 2 aromatic heterocycles. The van der Waals surface area contributed by atoms with Crippen molar-refractivity contribution in [2.75, 3.05) is 11.1 Å². The van der Waals surface area contributed by atoms with Gasteiger partial charge in [-0.1, -0.05) is 55.8 Å². The Balaban J connectivity index is 0.00000117. The summed E-state index contributed by atoms with van der Waals surface area (Å²) >= 11 is 6.07. The molecule has 5 nitrogen and oxygen atoms in total. The molecule has 0 radical (unpaired) electrons. The quantitative estimate of drug-likeness (QED) is 0.454. The van der Waals surface area contributed by atoms with Gasteiger partial charge in [-0.25, -0.2) is 4.98 Å². The fraction of sp³-hybridized carbons (Fsp3) is 0.130. The predicted molar refractivity (Wildman–Crippen MR) is 121 cm³/mol. The number of anilines is 2. The number of para-hydroxylation sites is 1. The van der Waals surface area contributed by atoms with Crippen LogP contribution in [-0.4, -0.2) is 15.5 Å². The maximum Gasteiger partial charge on any atom is 0.258 e. The van der Waals surface area contributed by atoms with E-state index < -0.39 is 0 Å². The lowest BCUT2D eigenvalue weighted by Gasteiger charge is -2.10. The third-order valence-corrected chi connectivity index (χ3v) is 4.84. The molecule has 0 bridgehead atoms. The molecule has 4 aromatic rings. The summed E-state index contributed by atoms with van der Waals surface area (Å²) in [6.07, 6.45) is 0. The van der Waals surface area contributed by atoms with Gasteiger partial charge in [-0.2, -0.15) is 0 Å². The van der Waals surface area contributed by atoms with Crippen LogP contribution in [-0.2, 0) is 7.05 Å². The minimum absolute atomic E-state index is 0.329. The second kappa shape index (κ2) is 8.80. The van der Waals surface area contributed by atoms with Crippen molar-refractivity contribution in [1.29, 1.82) is 0 Å². The van der Waals surface area contributed by atoms with Gasteiger partial charge in [0.1, 0.15) is 11.6 Å². The van der Waals surface area contributed by atoms with Crippen LogP contribution in [0.2, 0.25) is 5.02 Å². The number of halogens is 1. The third kappa shape index (κ3) is 4.10. The first-order chi connectivity index (χ1) is 14.0. The van der Waals surface area contributed by atoms with E-state index in [9.17, 15) is 4.79 Å². The minimum atomic E-state index is -0.329. The number of pyridine rings is 1. The van der Waals surface area contributed by atoms with Crippen molar-refractivity contribution in [3.05, 3.63) is 77.3 Å². The minimum Gasteiger partial charge on any atom is -0.383 e. The zero-order chi connectivity index (χ0) is 21.0. The number of nitrogens with two attached hydrogens (primary N) is 1. The van der Waals surface area contributed by atoms with Crippen LogP contribution in [0.1, 0.15) is 24.2 Å². The number of fused-ring (bicyclic) bond motifs is 1. The Kier molecular flexibility index (Phi) is 6.20. The summed E-state index contributed by atoms with van der Waals surface area (Å²) in [4.78, 5) is 16.7. The number of carbonyl (C=O) groups excluding carboxylic acids is 1. The number of nitrogens with one attached hydrogen (secondary N) is 1. The van der Waals surface area contributed by atoms with Crippen LogP contribution < -0.4 is 11.1 Å². The van der Waals surface area contributed by atoms with Crippen LogP contribution in [0.25, 0.3) is 22.2 Å². The number of amides is 1. The van der Waals surface area contributed by atoms with Gasteiger partial charge in [0, 0.05) is 23.5 Å². The van der Waals surface area contributed by atoms with E-state index in [0.29, 0.717) is 22.2 Å². The molecule has 0 saturated heterocycles. The van der Waals surface area contributed by atoms with Crippen LogP contribution in [0, 0.1) is 0 Å². The molecule has 148 valence electrons. The second-order valence-electron chi connectivity index (χ2n) is 6.21. The van der Waals surface area contributed by atoms with Gasteiger partial charge >= 0.3 is 0 Å². The molecule has 0 fully saturated rings. The Morgan fingerprint density at radius 3 is 2.41 bits per heavy atom. The van der Waals surface area contributed by atoms with Crippen LogP contribution in [0.3, 0.4) is 0 Å². The zero-order valence-electron chi connectivity index (χ0n) is 16.6. The highest BCUT2D eigenvalue weighted by atomic mass is 35.5. The van der Waals surface area contributed by atoms with Crippen molar-refractivity contribution in [3.63, 3.8) is 0 Å². The molecule has 0 aliphatic rings. The van der Waals surface area contributed by atoms with Crippen molar-refractivity contribution in [3.8, 4) is 11.3 Å². The molecule has 0 atom stereocenters. The van der Waals surface area contributed by atoms with E-state index in [0.717, 1.165) is 22.2 Å². The standard InChI is InChI=1S/C21H17ClN4O.C2H6/c1-26-17-9-5-2-6-13(17)12-18(26)15-10-11-19(24-20(15)23)25-21(27)14-7-3-4-8-16(14)22;1-2/h2-12H,1H3,(H3,23,24,25,27);1-2H3. The lowest BCUT2D eigenvalue weighted by molar-refractivity contribution is 0.102. The molecule has 0 unspecified atom stereocenters. The molecule has 0 spiro atoms. The van der Waals surface area contributed by atoms with E-state index in [1.807, 2.05) is 39.1 Å². The van der Waals surface area contributed by atoms with Gasteiger partial charge in [0.15, 0.2) is 0 Å². The number of aryl methyl sites for hydroxylation is 1. The number of hydrogen-bond acceptors (Lipinski definition) is 3. The average molecular weight is 407 g/mol. The van der Waals surface area contributed by atoms with Gasteiger partial charge in [0.05, 0.1) is 16.3 Å². The van der Waals surface area contributed by atoms with Crippen molar-refractivity contribution < 1.29 is 4.79 Å². The molecule has 1 amide bonds. The van der Waals surface area contributed by atoms with E-state index in [-0.39, 0.29) is 5.91 Å². The van der Waals surface area contributed by atoms with Crippen LogP contribution >= 0.6 is 11.6 Å². The highest BCUT2D eigenvalue weighted by Gasteiger charge is 2.14. The summed E-state index contributed by atoms with van der Waals surface area (Å²) in [5.41, 5.74) is 9.46. The molecular formula is C23H23ClN4O. The first kappa shape index (κ1) is 20.4. The number of benzene rings is 2. The Morgan fingerprint density at radius 1 is 1.03 bits per heavy atom. The molecule has 0 aliphatic carbocycles. The van der Waals surface area contributed by atoms with Crippen LogP contribution in [0.4, 0.5) is 11.6 Å². The third-order valence-electron chi connectivity index (χ3n) is 4.51. The smallest absolute Gasteiger partial charge is 0.258 e. The van der Waals surface area contributed by atoms with Gasteiger partial charge < -0.3 is 15.6 Å². The van der Waals surface area contributed by atoms with Crippen molar-refractivity contribution in [2.45, 2.75) is 13.8 Å². The fourth-order valence-corrected chi connectivity index (χ4v) is 3.36. The summed E-state index contributed by atoms with van der Waals surface area (Å²) in [5, 5.41) is 4.25. The maximum atomic E-state index is 12.4. The zero-order valence-corrected chi connectivity index (χ0v) is 17.4. The molecule has 0 saturated carbocycles. The normalized spacial score (nSPS) is 10.3. The Hall–Kier alpha value is -3.31.